The summed E-state index contributed by atoms with van der Waals surface area (Å²) in [6, 6.07) is 9.51. The summed E-state index contributed by atoms with van der Waals surface area (Å²) in [5.74, 6) is 0.152. The topological polar surface area (TPSA) is 68.0 Å². The van der Waals surface area contributed by atoms with E-state index in [1.54, 1.807) is 0 Å². The Kier molecular flexibility index (Phi) is 7.98. The average Bonchev–Trinajstić information content (AvgIpc) is 2.45. The minimum atomic E-state index is -0.421. The second-order valence-electron chi connectivity index (χ2n) is 6.06. The predicted molar refractivity (Wildman–Crippen MR) is 101 cm³/mol. The molecule has 1 aromatic carbocycles. The van der Waals surface area contributed by atoms with Gasteiger partial charge in [0.05, 0.1) is 16.6 Å². The van der Waals surface area contributed by atoms with E-state index in [1.165, 1.54) is 0 Å². The van der Waals surface area contributed by atoms with Crippen molar-refractivity contribution in [3.8, 4) is 0 Å². The fourth-order valence-electron chi connectivity index (χ4n) is 2.25. The summed E-state index contributed by atoms with van der Waals surface area (Å²) in [5.41, 5.74) is 7.75. The van der Waals surface area contributed by atoms with Crippen molar-refractivity contribution < 1.29 is 4.79 Å². The predicted octanol–water partition coefficient (Wildman–Crippen LogP) is 3.49. The van der Waals surface area contributed by atoms with Gasteiger partial charge in [0.25, 0.3) is 5.91 Å². The molecule has 0 aliphatic heterocycles. The summed E-state index contributed by atoms with van der Waals surface area (Å²) in [4.78, 5) is 17.2. The molecule has 3 N–H and O–H groups in total. The summed E-state index contributed by atoms with van der Waals surface area (Å²) in [5, 5.41) is 3.95. The van der Waals surface area contributed by atoms with Crippen LogP contribution in [0.4, 0.5) is 0 Å². The normalized spacial score (nSPS) is 13.0. The molecule has 0 spiro atoms. The van der Waals surface area contributed by atoms with Crippen LogP contribution in [-0.4, -0.2) is 23.0 Å². The van der Waals surface area contributed by atoms with Gasteiger partial charge < -0.3 is 11.1 Å². The van der Waals surface area contributed by atoms with E-state index in [-0.39, 0.29) is 36.6 Å². The molecule has 6 heteroatoms. The lowest BCUT2D eigenvalue weighted by molar-refractivity contribution is 0.0885. The zero-order chi connectivity index (χ0) is 15.6. The highest BCUT2D eigenvalue weighted by atomic mass is 35.5. The largest absolute Gasteiger partial charge is 0.345 e. The number of hydrogen-bond donors (Lipinski definition) is 2. The fourth-order valence-corrected chi connectivity index (χ4v) is 2.25. The maximum atomic E-state index is 12.7. The summed E-state index contributed by atoms with van der Waals surface area (Å²) in [7, 11) is 0. The van der Waals surface area contributed by atoms with Gasteiger partial charge in [0.2, 0.25) is 0 Å². The Bertz CT molecular complexity index is 676. The molecular weight excluding hydrogens is 333 g/mol. The number of pyridine rings is 1. The number of carbonyl (C=O) groups is 1. The van der Waals surface area contributed by atoms with E-state index in [4.69, 9.17) is 5.73 Å². The number of halogens is 2. The molecule has 0 saturated heterocycles. The van der Waals surface area contributed by atoms with Gasteiger partial charge in [-0.15, -0.1) is 24.8 Å². The number of amides is 1. The summed E-state index contributed by atoms with van der Waals surface area (Å²) < 4.78 is 0. The van der Waals surface area contributed by atoms with Crippen molar-refractivity contribution in [2.45, 2.75) is 33.2 Å². The molecule has 4 nitrogen and oxygen atoms in total. The number of carbonyl (C=O) groups excluding carboxylic acids is 1. The van der Waals surface area contributed by atoms with Crippen LogP contribution in [0.15, 0.2) is 30.3 Å². The standard InChI is InChI=1S/C17H23N3O.2ClH/c1-11(2)17(4,10-18)20-16(21)14-9-12(3)19-15-8-6-5-7-13(14)15;;/h5-9,11H,10,18H2,1-4H3,(H,20,21);2*1H. The molecule has 2 aromatic rings. The van der Waals surface area contributed by atoms with Crippen LogP contribution < -0.4 is 11.1 Å². The second kappa shape index (κ2) is 8.48. The van der Waals surface area contributed by atoms with E-state index in [9.17, 15) is 4.79 Å². The third-order valence-electron chi connectivity index (χ3n) is 4.19. The molecule has 128 valence electrons. The van der Waals surface area contributed by atoms with Gasteiger partial charge in [-0.05, 0) is 31.9 Å². The average molecular weight is 358 g/mol. The highest BCUT2D eigenvalue weighted by Crippen LogP contribution is 2.21. The number of nitrogens with zero attached hydrogens (tertiary/aromatic N) is 1. The molecule has 1 unspecified atom stereocenters. The Hall–Kier alpha value is -1.36. The lowest BCUT2D eigenvalue weighted by atomic mass is 9.88. The molecule has 2 rings (SSSR count). The van der Waals surface area contributed by atoms with Crippen molar-refractivity contribution in [2.24, 2.45) is 11.7 Å². The van der Waals surface area contributed by atoms with Crippen molar-refractivity contribution in [2.75, 3.05) is 6.54 Å². The van der Waals surface area contributed by atoms with E-state index in [0.717, 1.165) is 16.6 Å². The zero-order valence-corrected chi connectivity index (χ0v) is 15.6. The van der Waals surface area contributed by atoms with Gasteiger partial charge in [-0.25, -0.2) is 0 Å². The molecular formula is C17H25Cl2N3O. The van der Waals surface area contributed by atoms with Gasteiger partial charge in [-0.2, -0.15) is 0 Å². The van der Waals surface area contributed by atoms with Crippen molar-refractivity contribution in [3.05, 3.63) is 41.6 Å². The maximum Gasteiger partial charge on any atom is 0.252 e. The first-order chi connectivity index (χ1) is 9.87. The van der Waals surface area contributed by atoms with Gasteiger partial charge in [0.15, 0.2) is 0 Å². The Morgan fingerprint density at radius 3 is 2.48 bits per heavy atom. The Morgan fingerprint density at radius 1 is 1.30 bits per heavy atom. The number of fused-ring (bicyclic) bond motifs is 1. The highest BCUT2D eigenvalue weighted by Gasteiger charge is 2.29. The molecule has 0 radical (unpaired) electrons. The third-order valence-corrected chi connectivity index (χ3v) is 4.19. The lowest BCUT2D eigenvalue weighted by Crippen LogP contribution is -2.55. The molecule has 0 fully saturated rings. The number of nitrogens with two attached hydrogens (primary N) is 1. The van der Waals surface area contributed by atoms with Crippen LogP contribution in [0.5, 0.6) is 0 Å². The fraction of sp³-hybridized carbons (Fsp3) is 0.412. The van der Waals surface area contributed by atoms with E-state index in [1.807, 2.05) is 44.2 Å². The molecule has 0 bridgehead atoms. The Labute approximate surface area is 150 Å². The van der Waals surface area contributed by atoms with Gasteiger partial charge in [0.1, 0.15) is 0 Å². The minimum Gasteiger partial charge on any atom is -0.345 e. The first-order valence-electron chi connectivity index (χ1n) is 7.26. The van der Waals surface area contributed by atoms with Gasteiger partial charge in [-0.3, -0.25) is 9.78 Å². The number of rotatable bonds is 4. The molecule has 0 aliphatic carbocycles. The lowest BCUT2D eigenvalue weighted by Gasteiger charge is -2.33. The monoisotopic (exact) mass is 357 g/mol. The summed E-state index contributed by atoms with van der Waals surface area (Å²) in [6.45, 7) is 8.39. The number of para-hydroxylation sites is 1. The van der Waals surface area contributed by atoms with Gasteiger partial charge >= 0.3 is 0 Å². The zero-order valence-electron chi connectivity index (χ0n) is 13.9. The molecule has 0 aliphatic rings. The van der Waals surface area contributed by atoms with Crippen LogP contribution in [0.1, 0.15) is 36.8 Å². The van der Waals surface area contributed by atoms with Gasteiger partial charge in [0, 0.05) is 17.6 Å². The van der Waals surface area contributed by atoms with E-state index < -0.39 is 5.54 Å². The quantitative estimate of drug-likeness (QED) is 0.879. The second-order valence-corrected chi connectivity index (χ2v) is 6.06. The molecule has 1 amide bonds. The molecule has 23 heavy (non-hydrogen) atoms. The van der Waals surface area contributed by atoms with Crippen molar-refractivity contribution >= 4 is 41.6 Å². The smallest absolute Gasteiger partial charge is 0.252 e. The number of aryl methyl sites for hydroxylation is 1. The van der Waals surface area contributed by atoms with Crippen LogP contribution in [0.2, 0.25) is 0 Å². The van der Waals surface area contributed by atoms with Crippen LogP contribution in [-0.2, 0) is 0 Å². The van der Waals surface area contributed by atoms with Crippen molar-refractivity contribution in [1.29, 1.82) is 0 Å². The molecule has 1 heterocycles. The van der Waals surface area contributed by atoms with E-state index >= 15 is 0 Å². The van der Waals surface area contributed by atoms with E-state index in [0.29, 0.717) is 12.1 Å². The van der Waals surface area contributed by atoms with Crippen LogP contribution in [0.25, 0.3) is 10.9 Å². The maximum absolute atomic E-state index is 12.7. The van der Waals surface area contributed by atoms with Crippen molar-refractivity contribution in [1.82, 2.24) is 10.3 Å². The van der Waals surface area contributed by atoms with Crippen LogP contribution >= 0.6 is 24.8 Å². The highest BCUT2D eigenvalue weighted by molar-refractivity contribution is 6.06. The molecule has 0 saturated carbocycles. The van der Waals surface area contributed by atoms with Crippen LogP contribution in [0, 0.1) is 12.8 Å². The number of aromatic nitrogens is 1. The third kappa shape index (κ3) is 4.56. The van der Waals surface area contributed by atoms with Crippen molar-refractivity contribution in [3.63, 3.8) is 0 Å². The minimum absolute atomic E-state index is 0. The Morgan fingerprint density at radius 2 is 1.91 bits per heavy atom. The number of nitrogens with one attached hydrogen (secondary N) is 1. The van der Waals surface area contributed by atoms with E-state index in [2.05, 4.69) is 24.1 Å². The van der Waals surface area contributed by atoms with Gasteiger partial charge in [-0.1, -0.05) is 32.0 Å². The Balaban J connectivity index is 0.00000242. The number of hydrogen-bond acceptors (Lipinski definition) is 3. The van der Waals surface area contributed by atoms with Crippen LogP contribution in [0.3, 0.4) is 0 Å². The summed E-state index contributed by atoms with van der Waals surface area (Å²) >= 11 is 0. The SMILES string of the molecule is Cc1cc(C(=O)NC(C)(CN)C(C)C)c2ccccc2n1.Cl.Cl. The first kappa shape index (κ1) is 21.6. The molecule has 1 aromatic heterocycles. The number of benzene rings is 1. The first-order valence-corrected chi connectivity index (χ1v) is 7.26. The molecule has 1 atom stereocenters. The summed E-state index contributed by atoms with van der Waals surface area (Å²) in [6.07, 6.45) is 0.